The minimum atomic E-state index is -0.118. The molecular weight excluding hydrogens is 188 g/mol. The largest absolute Gasteiger partial charge is 0.379 e. The highest BCUT2D eigenvalue weighted by atomic mass is 16.5. The third-order valence-electron chi connectivity index (χ3n) is 2.43. The fourth-order valence-corrected chi connectivity index (χ4v) is 1.38. The Balaban J connectivity index is 3.85. The van der Waals surface area contributed by atoms with Crippen LogP contribution in [0.25, 0.3) is 0 Å². The molecule has 0 saturated heterocycles. The number of nitrogens with two attached hydrogens (primary N) is 1. The van der Waals surface area contributed by atoms with Crippen LogP contribution in [0.2, 0.25) is 0 Å². The van der Waals surface area contributed by atoms with Gasteiger partial charge in [0.1, 0.15) is 0 Å². The fourth-order valence-electron chi connectivity index (χ4n) is 1.38. The molecule has 0 saturated carbocycles. The van der Waals surface area contributed by atoms with Crippen molar-refractivity contribution >= 4 is 0 Å². The molecule has 0 aromatic carbocycles. The van der Waals surface area contributed by atoms with E-state index in [0.29, 0.717) is 12.6 Å². The molecule has 3 N–H and O–H groups in total. The summed E-state index contributed by atoms with van der Waals surface area (Å²) in [5.74, 6) is 5.89. The fraction of sp³-hybridized carbons (Fsp3) is 0.833. The van der Waals surface area contributed by atoms with Gasteiger partial charge in [0.15, 0.2) is 0 Å². The molecule has 15 heavy (non-hydrogen) atoms. The lowest BCUT2D eigenvalue weighted by Crippen LogP contribution is -2.42. The first-order valence-electron chi connectivity index (χ1n) is 5.44. The van der Waals surface area contributed by atoms with Crippen molar-refractivity contribution in [3.05, 3.63) is 0 Å². The van der Waals surface area contributed by atoms with E-state index < -0.39 is 0 Å². The normalized spacial score (nSPS) is 13.1. The van der Waals surface area contributed by atoms with Gasteiger partial charge in [-0.15, -0.1) is 11.8 Å². The van der Waals surface area contributed by atoms with Crippen molar-refractivity contribution in [2.45, 2.75) is 45.3 Å². The lowest BCUT2D eigenvalue weighted by atomic mass is 9.99. The number of nitrogens with one attached hydrogen (secondary N) is 1. The van der Waals surface area contributed by atoms with Crippen molar-refractivity contribution in [2.24, 2.45) is 5.73 Å². The average molecular weight is 212 g/mol. The molecule has 0 radical (unpaired) electrons. The molecule has 3 heteroatoms. The van der Waals surface area contributed by atoms with E-state index in [9.17, 15) is 0 Å². The number of hydrogen-bond acceptors (Lipinski definition) is 3. The number of rotatable bonds is 7. The van der Waals surface area contributed by atoms with Crippen LogP contribution in [0.3, 0.4) is 0 Å². The lowest BCUT2D eigenvalue weighted by molar-refractivity contribution is 0.00788. The number of hydrogen-bond donors (Lipinski definition) is 2. The topological polar surface area (TPSA) is 47.3 Å². The molecule has 1 atom stereocenters. The standard InChI is InChI=1S/C12H24N2O/c1-5-6-7-8-14-11(10-13)9-12(2,3)15-4/h11,14H,7-10,13H2,1-4H3. The molecule has 0 aliphatic rings. The molecule has 0 bridgehead atoms. The van der Waals surface area contributed by atoms with E-state index in [0.717, 1.165) is 19.4 Å². The Bertz CT molecular complexity index is 215. The zero-order valence-corrected chi connectivity index (χ0v) is 10.4. The van der Waals surface area contributed by atoms with Gasteiger partial charge in [-0.3, -0.25) is 0 Å². The van der Waals surface area contributed by atoms with Crippen molar-refractivity contribution < 1.29 is 4.74 Å². The molecular formula is C12H24N2O. The van der Waals surface area contributed by atoms with Gasteiger partial charge >= 0.3 is 0 Å². The second-order valence-electron chi connectivity index (χ2n) is 4.23. The van der Waals surface area contributed by atoms with E-state index in [4.69, 9.17) is 10.5 Å². The van der Waals surface area contributed by atoms with Crippen LogP contribution in [0.1, 0.15) is 33.6 Å². The Hall–Kier alpha value is -0.560. The zero-order valence-electron chi connectivity index (χ0n) is 10.4. The molecule has 0 aromatic rings. The molecule has 0 rings (SSSR count). The van der Waals surface area contributed by atoms with E-state index in [1.54, 1.807) is 7.11 Å². The van der Waals surface area contributed by atoms with Crippen molar-refractivity contribution in [1.82, 2.24) is 5.32 Å². The summed E-state index contributed by atoms with van der Waals surface area (Å²) < 4.78 is 5.37. The monoisotopic (exact) mass is 212 g/mol. The van der Waals surface area contributed by atoms with Crippen LogP contribution in [-0.4, -0.2) is 31.8 Å². The molecule has 88 valence electrons. The van der Waals surface area contributed by atoms with Crippen molar-refractivity contribution in [3.63, 3.8) is 0 Å². The number of methoxy groups -OCH3 is 1. The lowest BCUT2D eigenvalue weighted by Gasteiger charge is -2.28. The summed E-state index contributed by atoms with van der Waals surface area (Å²) in [6.07, 6.45) is 1.79. The minimum absolute atomic E-state index is 0.118. The third kappa shape index (κ3) is 7.38. The van der Waals surface area contributed by atoms with Crippen LogP contribution in [0.5, 0.6) is 0 Å². The van der Waals surface area contributed by atoms with Crippen LogP contribution in [-0.2, 0) is 4.74 Å². The van der Waals surface area contributed by atoms with E-state index >= 15 is 0 Å². The Morgan fingerprint density at radius 3 is 2.60 bits per heavy atom. The SMILES string of the molecule is CC#CCCNC(CN)CC(C)(C)OC. The third-order valence-corrected chi connectivity index (χ3v) is 2.43. The molecule has 0 spiro atoms. The van der Waals surface area contributed by atoms with Gasteiger partial charge in [-0.05, 0) is 27.2 Å². The Morgan fingerprint density at radius 2 is 2.13 bits per heavy atom. The first-order chi connectivity index (χ1) is 7.05. The van der Waals surface area contributed by atoms with Gasteiger partial charge in [0, 0.05) is 32.7 Å². The van der Waals surface area contributed by atoms with Gasteiger partial charge in [0.25, 0.3) is 0 Å². The van der Waals surface area contributed by atoms with E-state index in [1.165, 1.54) is 0 Å². The van der Waals surface area contributed by atoms with Gasteiger partial charge in [0.2, 0.25) is 0 Å². The number of ether oxygens (including phenoxy) is 1. The van der Waals surface area contributed by atoms with Gasteiger partial charge in [0.05, 0.1) is 5.60 Å². The summed E-state index contributed by atoms with van der Waals surface area (Å²) in [4.78, 5) is 0. The highest BCUT2D eigenvalue weighted by Crippen LogP contribution is 2.14. The van der Waals surface area contributed by atoms with Crippen molar-refractivity contribution in [2.75, 3.05) is 20.2 Å². The van der Waals surface area contributed by atoms with E-state index in [1.807, 2.05) is 6.92 Å². The second kappa shape index (κ2) is 7.70. The summed E-state index contributed by atoms with van der Waals surface area (Å²) in [5, 5.41) is 3.39. The molecule has 3 nitrogen and oxygen atoms in total. The van der Waals surface area contributed by atoms with Gasteiger partial charge in [-0.25, -0.2) is 0 Å². The first-order valence-corrected chi connectivity index (χ1v) is 5.44. The van der Waals surface area contributed by atoms with Gasteiger partial charge in [-0.1, -0.05) is 0 Å². The first kappa shape index (κ1) is 14.4. The quantitative estimate of drug-likeness (QED) is 0.491. The van der Waals surface area contributed by atoms with Crippen molar-refractivity contribution in [1.29, 1.82) is 0 Å². The van der Waals surface area contributed by atoms with E-state index in [2.05, 4.69) is 31.0 Å². The average Bonchev–Trinajstić information content (AvgIpc) is 2.22. The van der Waals surface area contributed by atoms with Crippen LogP contribution in [0.4, 0.5) is 0 Å². The van der Waals surface area contributed by atoms with Crippen LogP contribution in [0, 0.1) is 11.8 Å². The molecule has 0 aromatic heterocycles. The van der Waals surface area contributed by atoms with Crippen LogP contribution in [0.15, 0.2) is 0 Å². The summed E-state index contributed by atoms with van der Waals surface area (Å²) in [6.45, 7) is 7.52. The van der Waals surface area contributed by atoms with Crippen molar-refractivity contribution in [3.8, 4) is 11.8 Å². The van der Waals surface area contributed by atoms with E-state index in [-0.39, 0.29) is 5.60 Å². The molecule has 0 amide bonds. The summed E-state index contributed by atoms with van der Waals surface area (Å²) in [6, 6.07) is 0.304. The highest BCUT2D eigenvalue weighted by molar-refractivity contribution is 4.95. The predicted molar refractivity (Wildman–Crippen MR) is 64.6 cm³/mol. The Morgan fingerprint density at radius 1 is 1.47 bits per heavy atom. The summed E-state index contributed by atoms with van der Waals surface area (Å²) in [5.41, 5.74) is 5.58. The maximum absolute atomic E-state index is 5.70. The minimum Gasteiger partial charge on any atom is -0.379 e. The predicted octanol–water partition coefficient (Wildman–Crippen LogP) is 1.13. The Kier molecular flexibility index (Phi) is 7.41. The van der Waals surface area contributed by atoms with Crippen LogP contribution >= 0.6 is 0 Å². The molecule has 0 aliphatic carbocycles. The second-order valence-corrected chi connectivity index (χ2v) is 4.23. The van der Waals surface area contributed by atoms with Gasteiger partial charge in [-0.2, -0.15) is 0 Å². The summed E-state index contributed by atoms with van der Waals surface area (Å²) >= 11 is 0. The molecule has 1 unspecified atom stereocenters. The van der Waals surface area contributed by atoms with Gasteiger partial charge < -0.3 is 15.8 Å². The molecule has 0 aliphatic heterocycles. The maximum atomic E-state index is 5.70. The zero-order chi connectivity index (χ0) is 11.7. The highest BCUT2D eigenvalue weighted by Gasteiger charge is 2.21. The molecule has 0 heterocycles. The van der Waals surface area contributed by atoms with Crippen LogP contribution < -0.4 is 11.1 Å². The maximum Gasteiger partial charge on any atom is 0.0638 e. The summed E-state index contributed by atoms with van der Waals surface area (Å²) in [7, 11) is 1.73. The Labute approximate surface area is 93.8 Å². The molecule has 0 fully saturated rings. The smallest absolute Gasteiger partial charge is 0.0638 e.